The summed E-state index contributed by atoms with van der Waals surface area (Å²) >= 11 is 5.87. The zero-order valence-corrected chi connectivity index (χ0v) is 17.9. The lowest BCUT2D eigenvalue weighted by Gasteiger charge is -2.45. The number of methoxy groups -OCH3 is 1. The van der Waals surface area contributed by atoms with Crippen molar-refractivity contribution in [3.63, 3.8) is 0 Å². The second-order valence-electron chi connectivity index (χ2n) is 7.44. The normalized spacial score (nSPS) is 17.3. The van der Waals surface area contributed by atoms with Gasteiger partial charge in [-0.25, -0.2) is 14.4 Å². The van der Waals surface area contributed by atoms with E-state index in [4.69, 9.17) is 29.9 Å². The summed E-state index contributed by atoms with van der Waals surface area (Å²) < 4.78 is 51.9. The molecule has 3 aromatic rings. The fourth-order valence-electron chi connectivity index (χ4n) is 3.50. The molecule has 8 nitrogen and oxygen atoms in total. The van der Waals surface area contributed by atoms with Gasteiger partial charge in [0.05, 0.1) is 48.1 Å². The van der Waals surface area contributed by atoms with Crippen molar-refractivity contribution in [3.8, 4) is 11.5 Å². The molecule has 32 heavy (non-hydrogen) atoms. The quantitative estimate of drug-likeness (QED) is 0.301. The van der Waals surface area contributed by atoms with E-state index in [1.54, 1.807) is 6.07 Å². The minimum absolute atomic E-state index is 0.00984. The van der Waals surface area contributed by atoms with E-state index in [1.165, 1.54) is 30.6 Å². The molecule has 1 aliphatic rings. The number of rotatable bonds is 8. The lowest BCUT2D eigenvalue weighted by Crippen LogP contribution is -2.51. The summed E-state index contributed by atoms with van der Waals surface area (Å²) in [5.74, 6) is -0.0149. The van der Waals surface area contributed by atoms with Crippen LogP contribution in [0.3, 0.4) is 0 Å². The van der Waals surface area contributed by atoms with E-state index in [1.807, 2.05) is 0 Å². The van der Waals surface area contributed by atoms with Gasteiger partial charge in [0, 0.05) is 23.6 Å². The highest BCUT2D eigenvalue weighted by Gasteiger charge is 2.21. The smallest absolute Gasteiger partial charge is 0.162 e. The van der Waals surface area contributed by atoms with Crippen LogP contribution in [0.2, 0.25) is 5.02 Å². The van der Waals surface area contributed by atoms with Crippen molar-refractivity contribution < 1.29 is 27.4 Å². The van der Waals surface area contributed by atoms with E-state index >= 15 is 0 Å². The third kappa shape index (κ3) is 5.18. The van der Waals surface area contributed by atoms with Gasteiger partial charge in [-0.05, 0) is 24.3 Å². The average Bonchev–Trinajstić information content (AvgIpc) is 2.79. The van der Waals surface area contributed by atoms with Crippen molar-refractivity contribution >= 4 is 34.0 Å². The molecule has 1 fully saturated rings. The number of hydrogen-bond acceptors (Lipinski definition) is 7. The highest BCUT2D eigenvalue weighted by Crippen LogP contribution is 2.35. The highest BCUT2D eigenvalue weighted by atomic mass is 35.5. The Morgan fingerprint density at radius 2 is 2.09 bits per heavy atom. The molecule has 0 amide bonds. The topological polar surface area (TPSA) is 88.6 Å². The summed E-state index contributed by atoms with van der Waals surface area (Å²) in [6.45, 7) is 2.18. The number of halogens is 2. The van der Waals surface area contributed by atoms with E-state index in [-0.39, 0.29) is 27.8 Å². The largest absolute Gasteiger partial charge is 0.633 e. The van der Waals surface area contributed by atoms with Gasteiger partial charge >= 0.3 is 0 Å². The summed E-state index contributed by atoms with van der Waals surface area (Å²) in [5.41, 5.74) is 0.899. The number of fused-ring (bicyclic) bond motifs is 1. The van der Waals surface area contributed by atoms with Gasteiger partial charge in [-0.2, -0.15) is 0 Å². The predicted octanol–water partition coefficient (Wildman–Crippen LogP) is 4.29. The van der Waals surface area contributed by atoms with Crippen molar-refractivity contribution in [2.45, 2.75) is 6.42 Å². The monoisotopic (exact) mass is 465 g/mol. The van der Waals surface area contributed by atoms with Gasteiger partial charge in [0.25, 0.3) is 0 Å². The van der Waals surface area contributed by atoms with E-state index in [9.17, 15) is 9.60 Å². The van der Waals surface area contributed by atoms with Gasteiger partial charge in [-0.1, -0.05) is 11.6 Å². The summed E-state index contributed by atoms with van der Waals surface area (Å²) in [5, 5.41) is 16.2. The SMILES string of the molecule is [2H]C([2H])([2H])Oc1cc2ncnc(Nc3ccc(F)c(Cl)c3)c2cc1OCCC[N+]1([O-])CCOCC1. The van der Waals surface area contributed by atoms with Crippen molar-refractivity contribution in [1.29, 1.82) is 0 Å². The summed E-state index contributed by atoms with van der Waals surface area (Å²) in [6, 6.07) is 7.17. The Bertz CT molecular complexity index is 1200. The first kappa shape index (κ1) is 18.8. The minimum Gasteiger partial charge on any atom is -0.633 e. The van der Waals surface area contributed by atoms with E-state index in [0.717, 1.165) is 0 Å². The average molecular weight is 466 g/mol. The summed E-state index contributed by atoms with van der Waals surface area (Å²) in [4.78, 5) is 8.45. The number of nitrogens with zero attached hydrogens (tertiary/aromatic N) is 3. The maximum atomic E-state index is 13.5. The summed E-state index contributed by atoms with van der Waals surface area (Å²) in [7, 11) is -2.71. The Kier molecular flexibility index (Phi) is 5.78. The molecule has 0 aliphatic carbocycles. The minimum atomic E-state index is -2.71. The number of hydrogen-bond donors (Lipinski definition) is 1. The Hall–Kier alpha value is -2.72. The predicted molar refractivity (Wildman–Crippen MR) is 120 cm³/mol. The molecule has 1 aliphatic heterocycles. The Morgan fingerprint density at radius 3 is 2.88 bits per heavy atom. The molecular formula is C22H24ClFN4O4. The van der Waals surface area contributed by atoms with Crippen LogP contribution in [0.25, 0.3) is 10.9 Å². The number of quaternary nitrogens is 1. The Balaban J connectivity index is 1.58. The van der Waals surface area contributed by atoms with Gasteiger partial charge in [0.2, 0.25) is 0 Å². The van der Waals surface area contributed by atoms with Crippen LogP contribution in [0.1, 0.15) is 10.5 Å². The molecule has 1 aromatic heterocycles. The molecule has 2 heterocycles. The molecule has 0 saturated carbocycles. The van der Waals surface area contributed by atoms with Gasteiger partial charge in [-0.15, -0.1) is 0 Å². The van der Waals surface area contributed by atoms with Crippen LogP contribution in [-0.4, -0.2) is 61.1 Å². The molecule has 4 rings (SSSR count). The van der Waals surface area contributed by atoms with Crippen LogP contribution < -0.4 is 14.8 Å². The Morgan fingerprint density at radius 1 is 1.25 bits per heavy atom. The molecule has 2 aromatic carbocycles. The van der Waals surface area contributed by atoms with Crippen molar-refractivity contribution in [2.24, 2.45) is 0 Å². The third-order valence-corrected chi connectivity index (χ3v) is 5.54. The number of nitrogens with one attached hydrogen (secondary N) is 1. The van der Waals surface area contributed by atoms with Crippen LogP contribution >= 0.6 is 11.6 Å². The van der Waals surface area contributed by atoms with Crippen LogP contribution in [-0.2, 0) is 4.74 Å². The molecule has 0 radical (unpaired) electrons. The maximum absolute atomic E-state index is 13.5. The fraction of sp³-hybridized carbons (Fsp3) is 0.364. The van der Waals surface area contributed by atoms with E-state index < -0.39 is 12.9 Å². The molecule has 0 bridgehead atoms. The van der Waals surface area contributed by atoms with Gasteiger partial charge in [0.15, 0.2) is 11.5 Å². The number of ether oxygens (including phenoxy) is 3. The molecule has 170 valence electrons. The first-order valence-electron chi connectivity index (χ1n) is 11.6. The fourth-order valence-corrected chi connectivity index (χ4v) is 3.68. The lowest BCUT2D eigenvalue weighted by molar-refractivity contribution is -0.888. The van der Waals surface area contributed by atoms with Crippen LogP contribution in [0.15, 0.2) is 36.7 Å². The third-order valence-electron chi connectivity index (χ3n) is 5.25. The highest BCUT2D eigenvalue weighted by molar-refractivity contribution is 6.31. The van der Waals surface area contributed by atoms with E-state index in [0.29, 0.717) is 61.7 Å². The molecule has 10 heteroatoms. The molecular weight excluding hydrogens is 439 g/mol. The zero-order chi connectivity index (χ0) is 25.1. The first-order valence-corrected chi connectivity index (χ1v) is 10.5. The second kappa shape index (κ2) is 9.83. The molecule has 0 atom stereocenters. The van der Waals surface area contributed by atoms with Crippen LogP contribution in [0.5, 0.6) is 11.5 Å². The lowest BCUT2D eigenvalue weighted by atomic mass is 10.2. The number of morpholine rings is 1. The standard InChI is InChI=1S/C22H24ClFN4O4/c1-30-20-13-19-16(12-21(20)32-8-2-5-28(29)6-9-31-10-7-28)22(26-14-25-19)27-15-3-4-18(24)17(23)11-15/h3-4,11-14H,2,5-10H2,1H3,(H,25,26,27)/i1D3. The first-order chi connectivity index (χ1) is 16.6. The van der Waals surface area contributed by atoms with E-state index in [2.05, 4.69) is 15.3 Å². The van der Waals surface area contributed by atoms with Crippen molar-refractivity contribution in [2.75, 3.05) is 51.8 Å². The molecule has 0 unspecified atom stereocenters. The second-order valence-corrected chi connectivity index (χ2v) is 7.84. The number of aromatic nitrogens is 2. The van der Waals surface area contributed by atoms with Crippen molar-refractivity contribution in [3.05, 3.63) is 52.7 Å². The van der Waals surface area contributed by atoms with Gasteiger partial charge < -0.3 is 29.4 Å². The summed E-state index contributed by atoms with van der Waals surface area (Å²) in [6.07, 6.45) is 1.76. The van der Waals surface area contributed by atoms with Crippen LogP contribution in [0.4, 0.5) is 15.9 Å². The van der Waals surface area contributed by atoms with Crippen LogP contribution in [0, 0.1) is 11.0 Å². The maximum Gasteiger partial charge on any atom is 0.162 e. The van der Waals surface area contributed by atoms with Crippen molar-refractivity contribution in [1.82, 2.24) is 9.97 Å². The molecule has 1 N–H and O–H groups in total. The zero-order valence-electron chi connectivity index (χ0n) is 20.1. The number of anilines is 2. The molecule has 1 saturated heterocycles. The molecule has 0 spiro atoms. The Labute approximate surface area is 194 Å². The van der Waals surface area contributed by atoms with Gasteiger partial charge in [-0.3, -0.25) is 0 Å². The van der Waals surface area contributed by atoms with Gasteiger partial charge in [0.1, 0.15) is 31.1 Å². The number of benzene rings is 2. The number of hydroxylamine groups is 3.